The number of aromatic nitrogens is 3. The molecular formula is C41H51ClN6O8S. The number of sulfonamides is 1. The number of hydrogen-bond acceptors (Lipinski definition) is 10. The van der Waals surface area contributed by atoms with Crippen molar-refractivity contribution in [3.8, 4) is 16.9 Å². The van der Waals surface area contributed by atoms with Crippen LogP contribution in [0.25, 0.3) is 11.1 Å². The first kappa shape index (κ1) is 42.2. The molecule has 0 bridgehead atoms. The standard InChI is InChI=1S/C41H51ClN6O8S/c1-47(21-5-4-17-45-40(50)46-20-24-54-26-25-53-23-6-9-39(49)48-22-19-44-30-48)57(51,52)33-12-13-37(42)31(27-33)29-55-41(15-16-41)36-28-43-18-14-34(36)35-7-2-3-8-38(35)56-32-10-11-32/h2-3,7-8,12-14,18-19,22,27-28,30,32H,4-6,9-11,15-17,20-21,23-26,29H2,1H3,(H2,45,46,50). The summed E-state index contributed by atoms with van der Waals surface area (Å²) in [6.07, 6.45) is 14.4. The number of rotatable bonds is 24. The van der Waals surface area contributed by atoms with Crippen molar-refractivity contribution >= 4 is 33.6 Å². The first-order valence-electron chi connectivity index (χ1n) is 19.4. The summed E-state index contributed by atoms with van der Waals surface area (Å²) in [4.78, 5) is 32.5. The van der Waals surface area contributed by atoms with Gasteiger partial charge in [0.25, 0.3) is 0 Å². The fraction of sp³-hybridized carbons (Fsp3) is 0.463. The van der Waals surface area contributed by atoms with E-state index in [1.165, 1.54) is 21.3 Å². The number of nitrogens with one attached hydrogen (secondary N) is 2. The molecule has 0 atom stereocenters. The lowest BCUT2D eigenvalue weighted by atomic mass is 9.96. The molecule has 2 fully saturated rings. The summed E-state index contributed by atoms with van der Waals surface area (Å²) in [5, 5.41) is 5.94. The number of imidazole rings is 1. The van der Waals surface area contributed by atoms with E-state index in [-0.39, 0.29) is 36.1 Å². The maximum Gasteiger partial charge on any atom is 0.314 e. The van der Waals surface area contributed by atoms with Gasteiger partial charge in [0.1, 0.15) is 12.1 Å². The monoisotopic (exact) mass is 822 g/mol. The van der Waals surface area contributed by atoms with Gasteiger partial charge in [0, 0.05) is 80.6 Å². The van der Waals surface area contributed by atoms with Crippen molar-refractivity contribution in [3.05, 3.63) is 95.8 Å². The molecule has 2 aliphatic rings. The lowest BCUT2D eigenvalue weighted by Gasteiger charge is -2.22. The molecule has 0 unspecified atom stereocenters. The second-order valence-corrected chi connectivity index (χ2v) is 16.6. The van der Waals surface area contributed by atoms with E-state index in [1.807, 2.05) is 30.5 Å². The van der Waals surface area contributed by atoms with Crippen molar-refractivity contribution in [2.45, 2.75) is 74.6 Å². The van der Waals surface area contributed by atoms with Crippen molar-refractivity contribution < 1.29 is 37.0 Å². The number of para-hydroxylation sites is 1. The largest absolute Gasteiger partial charge is 0.490 e. The van der Waals surface area contributed by atoms with E-state index in [2.05, 4.69) is 26.7 Å². The van der Waals surface area contributed by atoms with Crippen LogP contribution in [0.5, 0.6) is 5.75 Å². The van der Waals surface area contributed by atoms with Crippen molar-refractivity contribution in [2.24, 2.45) is 0 Å². The number of ether oxygens (including phenoxy) is 4. The van der Waals surface area contributed by atoms with Crippen LogP contribution in [-0.2, 0) is 36.4 Å². The summed E-state index contributed by atoms with van der Waals surface area (Å²) in [5.74, 6) is 0.816. The molecular weight excluding hydrogens is 772 g/mol. The second kappa shape index (κ2) is 20.4. The van der Waals surface area contributed by atoms with E-state index in [0.717, 1.165) is 48.1 Å². The van der Waals surface area contributed by atoms with Crippen molar-refractivity contribution in [1.29, 1.82) is 0 Å². The zero-order valence-corrected chi connectivity index (χ0v) is 33.8. The van der Waals surface area contributed by atoms with Crippen molar-refractivity contribution in [3.63, 3.8) is 0 Å². The Morgan fingerprint density at radius 3 is 2.49 bits per heavy atom. The van der Waals surface area contributed by atoms with E-state index in [4.69, 9.17) is 30.5 Å². The van der Waals surface area contributed by atoms with Crippen LogP contribution >= 0.6 is 11.6 Å². The zero-order valence-electron chi connectivity index (χ0n) is 32.2. The van der Waals surface area contributed by atoms with Gasteiger partial charge >= 0.3 is 6.03 Å². The third kappa shape index (κ3) is 12.1. The molecule has 2 heterocycles. The first-order chi connectivity index (χ1) is 27.7. The van der Waals surface area contributed by atoms with E-state index >= 15 is 0 Å². The number of urea groups is 1. The van der Waals surface area contributed by atoms with E-state index in [9.17, 15) is 18.0 Å². The minimum absolute atomic E-state index is 0.0289. The Morgan fingerprint density at radius 1 is 0.930 bits per heavy atom. The van der Waals surface area contributed by atoms with Crippen LogP contribution < -0.4 is 15.4 Å². The Bertz CT molecular complexity index is 2040. The number of nitrogens with zero attached hydrogens (tertiary/aromatic N) is 4. The molecule has 2 amide bonds. The number of pyridine rings is 1. The Morgan fingerprint density at radius 2 is 1.72 bits per heavy atom. The van der Waals surface area contributed by atoms with Crippen LogP contribution in [0.3, 0.4) is 0 Å². The van der Waals surface area contributed by atoms with Gasteiger partial charge in [-0.15, -0.1) is 0 Å². The minimum atomic E-state index is -3.81. The molecule has 2 aromatic carbocycles. The maximum absolute atomic E-state index is 13.5. The average Bonchev–Trinajstić information content (AvgIpc) is 4.14. The lowest BCUT2D eigenvalue weighted by Crippen LogP contribution is -2.38. The Balaban J connectivity index is 0.878. The van der Waals surface area contributed by atoms with Gasteiger partial charge in [-0.1, -0.05) is 29.8 Å². The highest BCUT2D eigenvalue weighted by atomic mass is 35.5. The molecule has 2 aliphatic carbocycles. The molecule has 4 aromatic rings. The second-order valence-electron chi connectivity index (χ2n) is 14.2. The Hall–Kier alpha value is -4.38. The fourth-order valence-electron chi connectivity index (χ4n) is 6.24. The van der Waals surface area contributed by atoms with Crippen LogP contribution in [0.15, 0.2) is 84.5 Å². The quantitative estimate of drug-likeness (QED) is 0.0779. The lowest BCUT2D eigenvalue weighted by molar-refractivity contribution is 0.0173. The van der Waals surface area contributed by atoms with Gasteiger partial charge in [-0.3, -0.25) is 14.3 Å². The molecule has 57 heavy (non-hydrogen) atoms. The molecule has 6 rings (SSSR count). The molecule has 306 valence electrons. The molecule has 2 N–H and O–H groups in total. The van der Waals surface area contributed by atoms with Gasteiger partial charge in [-0.2, -0.15) is 0 Å². The van der Waals surface area contributed by atoms with Crippen LogP contribution in [0.4, 0.5) is 4.79 Å². The molecule has 0 saturated heterocycles. The normalized spacial score (nSPS) is 14.7. The van der Waals surface area contributed by atoms with Crippen LogP contribution in [0, 0.1) is 0 Å². The maximum atomic E-state index is 13.5. The van der Waals surface area contributed by atoms with Gasteiger partial charge in [0.05, 0.1) is 43.0 Å². The molecule has 0 radical (unpaired) electrons. The smallest absolute Gasteiger partial charge is 0.314 e. The molecule has 0 spiro atoms. The van der Waals surface area contributed by atoms with Crippen molar-refractivity contribution in [1.82, 2.24) is 29.5 Å². The molecule has 14 nitrogen and oxygen atoms in total. The van der Waals surface area contributed by atoms with Gasteiger partial charge < -0.3 is 29.6 Å². The predicted molar refractivity (Wildman–Crippen MR) is 215 cm³/mol. The summed E-state index contributed by atoms with van der Waals surface area (Å²) in [6, 6.07) is 14.4. The van der Waals surface area contributed by atoms with Gasteiger partial charge in [0.15, 0.2) is 0 Å². The minimum Gasteiger partial charge on any atom is -0.490 e. The van der Waals surface area contributed by atoms with Crippen LogP contribution in [-0.4, -0.2) is 98.4 Å². The summed E-state index contributed by atoms with van der Waals surface area (Å²) in [6.45, 7) is 2.67. The first-order valence-corrected chi connectivity index (χ1v) is 21.3. The van der Waals surface area contributed by atoms with E-state index in [0.29, 0.717) is 75.8 Å². The summed E-state index contributed by atoms with van der Waals surface area (Å²) in [5.41, 5.74) is 3.00. The molecule has 0 aliphatic heterocycles. The third-order valence-electron chi connectivity index (χ3n) is 9.80. The summed E-state index contributed by atoms with van der Waals surface area (Å²) in [7, 11) is -2.26. The fourth-order valence-corrected chi connectivity index (χ4v) is 7.67. The number of unbranched alkanes of at least 4 members (excludes halogenated alkanes) is 1. The predicted octanol–water partition coefficient (Wildman–Crippen LogP) is 6.20. The number of carbonyl (C=O) groups is 2. The third-order valence-corrected chi connectivity index (χ3v) is 12.0. The van der Waals surface area contributed by atoms with Crippen molar-refractivity contribution in [2.75, 3.05) is 53.1 Å². The van der Waals surface area contributed by atoms with E-state index in [1.54, 1.807) is 37.8 Å². The Labute approximate surface area is 339 Å². The Kier molecular flexibility index (Phi) is 15.1. The highest BCUT2D eigenvalue weighted by Crippen LogP contribution is 2.53. The van der Waals surface area contributed by atoms with Crippen LogP contribution in [0.1, 0.15) is 67.3 Å². The molecule has 16 heteroatoms. The number of hydrogen-bond donors (Lipinski definition) is 2. The van der Waals surface area contributed by atoms with Crippen LogP contribution in [0.2, 0.25) is 5.02 Å². The highest BCUT2D eigenvalue weighted by Gasteiger charge is 2.48. The molecule has 2 aromatic heterocycles. The summed E-state index contributed by atoms with van der Waals surface area (Å²) >= 11 is 6.58. The molecule has 2 saturated carbocycles. The van der Waals surface area contributed by atoms with Gasteiger partial charge in [-0.05, 0) is 86.4 Å². The number of benzene rings is 2. The SMILES string of the molecule is CN(CCCCNC(=O)NCCOCCOCCCC(=O)n1ccnc1)S(=O)(=O)c1ccc(Cl)c(COC2(c3cnccc3-c3ccccc3OC3CC3)CC2)c1. The number of amides is 2. The zero-order chi connectivity index (χ0) is 40.1. The highest BCUT2D eigenvalue weighted by molar-refractivity contribution is 7.89. The van der Waals surface area contributed by atoms with E-state index < -0.39 is 15.6 Å². The average molecular weight is 823 g/mol. The van der Waals surface area contributed by atoms with Gasteiger partial charge in [0.2, 0.25) is 15.9 Å². The number of halogens is 1. The summed E-state index contributed by atoms with van der Waals surface area (Å²) < 4.78 is 53.6. The number of carbonyl (C=O) groups excluding carboxylic acids is 2. The van der Waals surface area contributed by atoms with Gasteiger partial charge in [-0.25, -0.2) is 22.5 Å². The topological polar surface area (TPSA) is 163 Å².